The first-order valence-corrected chi connectivity index (χ1v) is 9.26. The van der Waals surface area contributed by atoms with Gasteiger partial charge in [0, 0.05) is 30.5 Å². The Morgan fingerprint density at radius 3 is 2.89 bits per heavy atom. The fraction of sp³-hybridized carbons (Fsp3) is 0.238. The average molecular weight is 357 g/mol. The van der Waals surface area contributed by atoms with Gasteiger partial charge in [-0.15, -0.1) is 0 Å². The van der Waals surface area contributed by atoms with Gasteiger partial charge in [-0.25, -0.2) is 15.0 Å². The molecular weight excluding hydrogens is 338 g/mol. The van der Waals surface area contributed by atoms with E-state index in [0.29, 0.717) is 11.5 Å². The van der Waals surface area contributed by atoms with Crippen molar-refractivity contribution in [3.63, 3.8) is 0 Å². The number of piperidine rings is 1. The monoisotopic (exact) mass is 357 g/mol. The van der Waals surface area contributed by atoms with Gasteiger partial charge in [0.05, 0.1) is 17.3 Å². The Bertz CT molecular complexity index is 1140. The maximum absolute atomic E-state index is 13.3. The zero-order valence-corrected chi connectivity index (χ0v) is 14.8. The molecule has 27 heavy (non-hydrogen) atoms. The van der Waals surface area contributed by atoms with Gasteiger partial charge in [0.2, 0.25) is 5.78 Å². The van der Waals surface area contributed by atoms with Crippen molar-refractivity contribution in [2.24, 2.45) is 0 Å². The van der Waals surface area contributed by atoms with E-state index < -0.39 is 0 Å². The Hall–Kier alpha value is -3.28. The molecule has 5 rings (SSSR count). The second-order valence-electron chi connectivity index (χ2n) is 6.89. The molecule has 4 heterocycles. The Morgan fingerprint density at radius 2 is 1.93 bits per heavy atom. The fourth-order valence-corrected chi connectivity index (χ4v) is 3.82. The normalized spacial score (nSPS) is 17.5. The van der Waals surface area contributed by atoms with Crippen molar-refractivity contribution in [3.8, 4) is 0 Å². The number of carbonyl (C=O) groups is 1. The highest BCUT2D eigenvalue weighted by Gasteiger charge is 2.30. The van der Waals surface area contributed by atoms with Gasteiger partial charge in [0.15, 0.2) is 0 Å². The van der Waals surface area contributed by atoms with Gasteiger partial charge < -0.3 is 4.90 Å². The molecule has 0 radical (unpaired) electrons. The summed E-state index contributed by atoms with van der Waals surface area (Å²) in [6, 6.07) is 13.6. The summed E-state index contributed by atoms with van der Waals surface area (Å²) in [6.07, 6.45) is 8.55. The van der Waals surface area contributed by atoms with Crippen LogP contribution in [0.15, 0.2) is 61.1 Å². The van der Waals surface area contributed by atoms with Gasteiger partial charge in [-0.2, -0.15) is 0 Å². The molecule has 1 amide bonds. The summed E-state index contributed by atoms with van der Waals surface area (Å²) in [4.78, 5) is 28.7. The molecular formula is C21H19N5O. The molecule has 134 valence electrons. The molecule has 0 saturated carbocycles. The number of para-hydroxylation sites is 1. The van der Waals surface area contributed by atoms with Gasteiger partial charge in [0.25, 0.3) is 5.91 Å². The van der Waals surface area contributed by atoms with E-state index in [9.17, 15) is 4.79 Å². The van der Waals surface area contributed by atoms with Gasteiger partial charge >= 0.3 is 0 Å². The van der Waals surface area contributed by atoms with Crippen molar-refractivity contribution in [1.29, 1.82) is 0 Å². The summed E-state index contributed by atoms with van der Waals surface area (Å²) in [7, 11) is 0. The molecule has 1 atom stereocenters. The number of fused-ring (bicyclic) bond motifs is 2. The van der Waals surface area contributed by atoms with E-state index >= 15 is 0 Å². The van der Waals surface area contributed by atoms with Gasteiger partial charge in [0.1, 0.15) is 5.69 Å². The van der Waals surface area contributed by atoms with Gasteiger partial charge in [-0.05, 0) is 37.5 Å². The smallest absolute Gasteiger partial charge is 0.273 e. The molecule has 1 aliphatic heterocycles. The van der Waals surface area contributed by atoms with Crippen LogP contribution in [0.1, 0.15) is 41.5 Å². The quantitative estimate of drug-likeness (QED) is 0.549. The lowest BCUT2D eigenvalue weighted by Crippen LogP contribution is -2.39. The average Bonchev–Trinajstić information content (AvgIpc) is 3.21. The number of imidazole rings is 1. The minimum absolute atomic E-state index is 0.0320. The van der Waals surface area contributed by atoms with Crippen LogP contribution in [0.25, 0.3) is 16.7 Å². The predicted octanol–water partition coefficient (Wildman–Crippen LogP) is 3.64. The van der Waals surface area contributed by atoms with E-state index in [0.717, 1.165) is 42.4 Å². The van der Waals surface area contributed by atoms with Crippen LogP contribution in [-0.4, -0.2) is 36.7 Å². The minimum atomic E-state index is -0.0405. The van der Waals surface area contributed by atoms with E-state index in [1.807, 2.05) is 64.2 Å². The first-order valence-electron chi connectivity index (χ1n) is 9.26. The van der Waals surface area contributed by atoms with Crippen LogP contribution < -0.4 is 0 Å². The van der Waals surface area contributed by atoms with Crippen molar-refractivity contribution < 1.29 is 4.79 Å². The maximum Gasteiger partial charge on any atom is 0.273 e. The third-order valence-corrected chi connectivity index (χ3v) is 5.21. The largest absolute Gasteiger partial charge is 0.329 e. The number of amides is 1. The second-order valence-corrected chi connectivity index (χ2v) is 6.89. The van der Waals surface area contributed by atoms with E-state index in [1.54, 1.807) is 6.20 Å². The van der Waals surface area contributed by atoms with E-state index in [-0.39, 0.29) is 11.9 Å². The van der Waals surface area contributed by atoms with E-state index in [4.69, 9.17) is 0 Å². The van der Waals surface area contributed by atoms with Crippen molar-refractivity contribution in [3.05, 3.63) is 72.4 Å². The number of nitrogens with zero attached hydrogens (tertiary/aromatic N) is 5. The van der Waals surface area contributed by atoms with Crippen LogP contribution in [0.4, 0.5) is 0 Å². The molecule has 0 spiro atoms. The predicted molar refractivity (Wildman–Crippen MR) is 102 cm³/mol. The van der Waals surface area contributed by atoms with Gasteiger partial charge in [-0.3, -0.25) is 9.20 Å². The van der Waals surface area contributed by atoms with Crippen LogP contribution in [0, 0.1) is 0 Å². The summed E-state index contributed by atoms with van der Waals surface area (Å²) in [5, 5.41) is 1.04. The lowest BCUT2D eigenvalue weighted by Gasteiger charge is -2.35. The van der Waals surface area contributed by atoms with Crippen LogP contribution in [0.2, 0.25) is 0 Å². The Kier molecular flexibility index (Phi) is 3.81. The second kappa shape index (κ2) is 6.46. The zero-order chi connectivity index (χ0) is 18.2. The third kappa shape index (κ3) is 2.83. The van der Waals surface area contributed by atoms with E-state index in [2.05, 4.69) is 15.0 Å². The van der Waals surface area contributed by atoms with Crippen LogP contribution in [0.3, 0.4) is 0 Å². The number of rotatable bonds is 2. The fourth-order valence-electron chi connectivity index (χ4n) is 3.82. The van der Waals surface area contributed by atoms with Crippen LogP contribution in [0.5, 0.6) is 0 Å². The van der Waals surface area contributed by atoms with Crippen molar-refractivity contribution >= 4 is 22.6 Å². The number of benzene rings is 1. The van der Waals surface area contributed by atoms with E-state index in [1.165, 1.54) is 0 Å². The number of likely N-dealkylation sites (tertiary alicyclic amines) is 1. The highest BCUT2D eigenvalue weighted by molar-refractivity contribution is 5.95. The van der Waals surface area contributed by atoms with Crippen molar-refractivity contribution in [2.75, 3.05) is 6.54 Å². The first-order chi connectivity index (χ1) is 13.3. The highest BCUT2D eigenvalue weighted by Crippen LogP contribution is 2.31. The summed E-state index contributed by atoms with van der Waals surface area (Å²) in [6.45, 7) is 0.722. The summed E-state index contributed by atoms with van der Waals surface area (Å²) < 4.78 is 1.88. The topological polar surface area (TPSA) is 63.4 Å². The van der Waals surface area contributed by atoms with Crippen LogP contribution >= 0.6 is 0 Å². The van der Waals surface area contributed by atoms with Crippen molar-refractivity contribution in [2.45, 2.75) is 25.3 Å². The third-order valence-electron chi connectivity index (χ3n) is 5.21. The number of hydrogen-bond donors (Lipinski definition) is 0. The summed E-state index contributed by atoms with van der Waals surface area (Å²) >= 11 is 0. The zero-order valence-electron chi connectivity index (χ0n) is 14.8. The number of hydrogen-bond acceptors (Lipinski definition) is 4. The lowest BCUT2D eigenvalue weighted by molar-refractivity contribution is 0.0600. The molecule has 3 aromatic heterocycles. The minimum Gasteiger partial charge on any atom is -0.329 e. The first kappa shape index (κ1) is 15.9. The number of pyridine rings is 1. The van der Waals surface area contributed by atoms with Gasteiger partial charge in [-0.1, -0.05) is 24.3 Å². The SMILES string of the molecule is O=C(c1ccc2ccccc2n1)N1CCCC[C@H]1c1ccn2ccnc2n1. The molecule has 0 N–H and O–H groups in total. The maximum atomic E-state index is 13.3. The molecule has 1 aromatic carbocycles. The molecule has 6 nitrogen and oxygen atoms in total. The number of carbonyl (C=O) groups excluding carboxylic acids is 1. The summed E-state index contributed by atoms with van der Waals surface area (Å²) in [5.74, 6) is 0.629. The summed E-state index contributed by atoms with van der Waals surface area (Å²) in [5.41, 5.74) is 2.22. The molecule has 1 fully saturated rings. The lowest BCUT2D eigenvalue weighted by atomic mass is 9.98. The molecule has 4 aromatic rings. The molecule has 1 saturated heterocycles. The molecule has 0 aliphatic carbocycles. The number of aromatic nitrogens is 4. The highest BCUT2D eigenvalue weighted by atomic mass is 16.2. The molecule has 1 aliphatic rings. The van der Waals surface area contributed by atoms with Crippen LogP contribution in [-0.2, 0) is 0 Å². The molecule has 6 heteroatoms. The van der Waals surface area contributed by atoms with Crippen molar-refractivity contribution in [1.82, 2.24) is 24.3 Å². The Labute approximate surface area is 156 Å². The molecule has 0 unspecified atom stereocenters. The Balaban J connectivity index is 1.51. The Morgan fingerprint density at radius 1 is 1.00 bits per heavy atom. The standard InChI is InChI=1S/C21H19N5O/c27-20(18-9-8-15-5-1-2-6-16(15)23-18)26-12-4-3-7-19(26)17-10-13-25-14-11-22-21(25)24-17/h1-2,5-6,8-11,13-14,19H,3-4,7,12H2/t19-/m0/s1. The molecule has 0 bridgehead atoms.